The molecule has 1 aromatic carbocycles. The van der Waals surface area contributed by atoms with Crippen LogP contribution in [0.5, 0.6) is 0 Å². The Morgan fingerprint density at radius 1 is 1.26 bits per heavy atom. The molecule has 0 aliphatic carbocycles. The normalized spacial score (nSPS) is 24.5. The lowest BCUT2D eigenvalue weighted by Gasteiger charge is -2.51. The Morgan fingerprint density at radius 3 is 2.58 bits per heavy atom. The van der Waals surface area contributed by atoms with Crippen molar-refractivity contribution >= 4 is 0 Å². The Hall–Kier alpha value is -0.900. The van der Waals surface area contributed by atoms with Crippen LogP contribution in [0.1, 0.15) is 19.4 Å². The summed E-state index contributed by atoms with van der Waals surface area (Å²) in [6, 6.07) is 11.4. The van der Waals surface area contributed by atoms with Gasteiger partial charge in [0.1, 0.15) is 0 Å². The predicted octanol–water partition coefficient (Wildman–Crippen LogP) is 1.80. The third-order valence-corrected chi connectivity index (χ3v) is 4.03. The molecular weight excluding hydrogens is 234 g/mol. The van der Waals surface area contributed by atoms with Crippen molar-refractivity contribution in [2.45, 2.75) is 32.0 Å². The van der Waals surface area contributed by atoms with Crippen LogP contribution in [-0.4, -0.2) is 55.1 Å². The van der Waals surface area contributed by atoms with Crippen molar-refractivity contribution < 1.29 is 0 Å². The first-order valence-electron chi connectivity index (χ1n) is 7.17. The Labute approximate surface area is 117 Å². The summed E-state index contributed by atoms with van der Waals surface area (Å²) < 4.78 is 0. The lowest BCUT2D eigenvalue weighted by Crippen LogP contribution is -2.64. The number of benzene rings is 1. The number of hydrogen-bond acceptors (Lipinski definition) is 3. The van der Waals surface area contributed by atoms with Gasteiger partial charge < -0.3 is 10.2 Å². The lowest BCUT2D eigenvalue weighted by molar-refractivity contribution is -0.0210. The first kappa shape index (κ1) is 14.5. The molecule has 3 nitrogen and oxygen atoms in total. The molecule has 2 rings (SSSR count). The van der Waals surface area contributed by atoms with Crippen molar-refractivity contribution in [1.82, 2.24) is 15.1 Å². The Balaban J connectivity index is 2.17. The van der Waals surface area contributed by atoms with Gasteiger partial charge in [-0.3, -0.25) is 4.90 Å². The zero-order valence-electron chi connectivity index (χ0n) is 12.7. The monoisotopic (exact) mass is 261 g/mol. The Bertz CT molecular complexity index is 388. The molecule has 1 aromatic rings. The summed E-state index contributed by atoms with van der Waals surface area (Å²) in [5, 5.41) is 3.34. The van der Waals surface area contributed by atoms with Crippen LogP contribution in [0.25, 0.3) is 0 Å². The predicted molar refractivity (Wildman–Crippen MR) is 81.3 cm³/mol. The number of hydrogen-bond donors (Lipinski definition) is 1. The molecule has 1 aliphatic rings. The van der Waals surface area contributed by atoms with E-state index < -0.39 is 0 Å². The van der Waals surface area contributed by atoms with Crippen molar-refractivity contribution in [3.63, 3.8) is 0 Å². The van der Waals surface area contributed by atoms with Gasteiger partial charge in [0, 0.05) is 37.8 Å². The summed E-state index contributed by atoms with van der Waals surface area (Å²) in [4.78, 5) is 5.10. The molecule has 0 aromatic heterocycles. The molecule has 19 heavy (non-hydrogen) atoms. The minimum absolute atomic E-state index is 0.213. The Morgan fingerprint density at radius 2 is 1.95 bits per heavy atom. The van der Waals surface area contributed by atoms with Gasteiger partial charge in [0.05, 0.1) is 0 Å². The van der Waals surface area contributed by atoms with Crippen LogP contribution in [0, 0.1) is 0 Å². The number of piperazine rings is 1. The topological polar surface area (TPSA) is 18.5 Å². The van der Waals surface area contributed by atoms with Gasteiger partial charge in [0.2, 0.25) is 0 Å². The maximum absolute atomic E-state index is 3.34. The van der Waals surface area contributed by atoms with E-state index in [1.165, 1.54) is 5.56 Å². The van der Waals surface area contributed by atoms with E-state index in [1.807, 2.05) is 7.05 Å². The van der Waals surface area contributed by atoms with Gasteiger partial charge in [-0.25, -0.2) is 0 Å². The van der Waals surface area contributed by atoms with Crippen LogP contribution < -0.4 is 5.32 Å². The van der Waals surface area contributed by atoms with Gasteiger partial charge in [-0.15, -0.1) is 0 Å². The van der Waals surface area contributed by atoms with Crippen LogP contribution >= 0.6 is 0 Å². The second kappa shape index (κ2) is 6.04. The molecular formula is C16H27N3. The minimum Gasteiger partial charge on any atom is -0.318 e. The van der Waals surface area contributed by atoms with Crippen LogP contribution in [-0.2, 0) is 6.54 Å². The van der Waals surface area contributed by atoms with Crippen molar-refractivity contribution in [2.75, 3.05) is 33.7 Å². The zero-order valence-corrected chi connectivity index (χ0v) is 12.7. The van der Waals surface area contributed by atoms with E-state index in [9.17, 15) is 0 Å². The standard InChI is InChI=1S/C16H27N3/c1-16(2)13-18(4)12-15(10-17-3)19(16)11-14-8-6-5-7-9-14/h5-9,15,17H,10-13H2,1-4H3. The number of likely N-dealkylation sites (N-methyl/N-ethyl adjacent to an activating group) is 2. The molecule has 3 heteroatoms. The quantitative estimate of drug-likeness (QED) is 0.891. The highest BCUT2D eigenvalue weighted by molar-refractivity contribution is 5.15. The summed E-state index contributed by atoms with van der Waals surface area (Å²) in [6.45, 7) is 9.05. The molecule has 0 spiro atoms. The van der Waals surface area contributed by atoms with E-state index in [-0.39, 0.29) is 5.54 Å². The van der Waals surface area contributed by atoms with E-state index in [4.69, 9.17) is 0 Å². The number of nitrogens with zero attached hydrogens (tertiary/aromatic N) is 2. The molecule has 1 fully saturated rings. The molecule has 1 heterocycles. The fraction of sp³-hybridized carbons (Fsp3) is 0.625. The van der Waals surface area contributed by atoms with Crippen LogP contribution in [0.2, 0.25) is 0 Å². The molecule has 1 unspecified atom stereocenters. The van der Waals surface area contributed by atoms with Crippen LogP contribution in [0.15, 0.2) is 30.3 Å². The molecule has 0 saturated carbocycles. The highest BCUT2D eigenvalue weighted by Gasteiger charge is 2.38. The van der Waals surface area contributed by atoms with Crippen molar-refractivity contribution in [2.24, 2.45) is 0 Å². The lowest BCUT2D eigenvalue weighted by atomic mass is 9.94. The van der Waals surface area contributed by atoms with Crippen molar-refractivity contribution in [3.05, 3.63) is 35.9 Å². The summed E-state index contributed by atoms with van der Waals surface area (Å²) in [7, 11) is 4.27. The van der Waals surface area contributed by atoms with E-state index in [0.29, 0.717) is 6.04 Å². The number of nitrogens with one attached hydrogen (secondary N) is 1. The third kappa shape index (κ3) is 3.56. The highest BCUT2D eigenvalue weighted by atomic mass is 15.3. The first-order valence-corrected chi connectivity index (χ1v) is 7.17. The molecule has 1 aliphatic heterocycles. The van der Waals surface area contributed by atoms with Crippen molar-refractivity contribution in [3.8, 4) is 0 Å². The molecule has 106 valence electrons. The first-order chi connectivity index (χ1) is 9.03. The SMILES string of the molecule is CNCC1CN(C)CC(C)(C)N1Cc1ccccc1. The maximum Gasteiger partial charge on any atom is 0.0357 e. The fourth-order valence-electron chi connectivity index (χ4n) is 3.30. The molecule has 1 atom stereocenters. The van der Waals surface area contributed by atoms with Crippen LogP contribution in [0.4, 0.5) is 0 Å². The van der Waals surface area contributed by atoms with Gasteiger partial charge in [-0.2, -0.15) is 0 Å². The zero-order chi connectivity index (χ0) is 13.9. The molecule has 0 amide bonds. The number of rotatable bonds is 4. The van der Waals surface area contributed by atoms with Gasteiger partial charge >= 0.3 is 0 Å². The largest absolute Gasteiger partial charge is 0.318 e. The molecule has 1 saturated heterocycles. The van der Waals surface area contributed by atoms with Gasteiger partial charge in [0.15, 0.2) is 0 Å². The van der Waals surface area contributed by atoms with Gasteiger partial charge in [-0.05, 0) is 33.5 Å². The smallest absolute Gasteiger partial charge is 0.0357 e. The Kier molecular flexibility index (Phi) is 4.61. The molecule has 0 radical (unpaired) electrons. The van der Waals surface area contributed by atoms with E-state index in [1.54, 1.807) is 0 Å². The van der Waals surface area contributed by atoms with Crippen LogP contribution in [0.3, 0.4) is 0 Å². The average molecular weight is 261 g/mol. The summed E-state index contributed by atoms with van der Waals surface area (Å²) in [5.41, 5.74) is 1.62. The third-order valence-electron chi connectivity index (χ3n) is 4.03. The maximum atomic E-state index is 3.34. The summed E-state index contributed by atoms with van der Waals surface area (Å²) in [6.07, 6.45) is 0. The second-order valence-electron chi connectivity index (χ2n) is 6.33. The fourth-order valence-corrected chi connectivity index (χ4v) is 3.30. The molecule has 0 bridgehead atoms. The van der Waals surface area contributed by atoms with E-state index in [2.05, 4.69) is 66.3 Å². The summed E-state index contributed by atoms with van der Waals surface area (Å²) in [5.74, 6) is 0. The second-order valence-corrected chi connectivity index (χ2v) is 6.33. The molecule has 1 N–H and O–H groups in total. The van der Waals surface area contributed by atoms with E-state index in [0.717, 1.165) is 26.2 Å². The minimum atomic E-state index is 0.213. The van der Waals surface area contributed by atoms with Crippen molar-refractivity contribution in [1.29, 1.82) is 0 Å². The van der Waals surface area contributed by atoms with E-state index >= 15 is 0 Å². The van der Waals surface area contributed by atoms with Gasteiger partial charge in [0.25, 0.3) is 0 Å². The highest BCUT2D eigenvalue weighted by Crippen LogP contribution is 2.26. The average Bonchev–Trinajstić information content (AvgIpc) is 2.34. The summed E-state index contributed by atoms with van der Waals surface area (Å²) >= 11 is 0. The van der Waals surface area contributed by atoms with Gasteiger partial charge in [-0.1, -0.05) is 30.3 Å².